The zero-order valence-electron chi connectivity index (χ0n) is 14.3. The van der Waals surface area contributed by atoms with Crippen molar-refractivity contribution in [1.82, 2.24) is 20.1 Å². The van der Waals surface area contributed by atoms with Gasteiger partial charge >= 0.3 is 0 Å². The summed E-state index contributed by atoms with van der Waals surface area (Å²) in [5.74, 6) is 3.98. The van der Waals surface area contributed by atoms with Crippen LogP contribution in [-0.4, -0.2) is 46.3 Å². The van der Waals surface area contributed by atoms with E-state index < -0.39 is 0 Å². The van der Waals surface area contributed by atoms with Gasteiger partial charge in [0.1, 0.15) is 18.2 Å². The molecule has 0 spiro atoms. The summed E-state index contributed by atoms with van der Waals surface area (Å²) in [6, 6.07) is 9.46. The van der Waals surface area contributed by atoms with E-state index in [0.29, 0.717) is 24.0 Å². The molecule has 0 amide bonds. The second-order valence-corrected chi connectivity index (χ2v) is 6.96. The maximum absolute atomic E-state index is 8.92. The molecule has 2 fully saturated rings. The summed E-state index contributed by atoms with van der Waals surface area (Å²) in [4.78, 5) is 7.14. The number of rotatable bonds is 6. The van der Waals surface area contributed by atoms with Crippen molar-refractivity contribution in [2.75, 3.05) is 26.2 Å². The molecule has 0 unspecified atom stereocenters. The molecular formula is C19H23N5O. The number of nitrogens with zero attached hydrogens (tertiary/aromatic N) is 4. The number of nitrogens with one attached hydrogen (secondary N) is 1. The van der Waals surface area contributed by atoms with Crippen molar-refractivity contribution in [1.29, 1.82) is 5.26 Å². The summed E-state index contributed by atoms with van der Waals surface area (Å²) in [6.07, 6.45) is 4.71. The number of aromatic nitrogens is 3. The monoisotopic (exact) mass is 337 g/mol. The van der Waals surface area contributed by atoms with Crippen molar-refractivity contribution in [3.05, 3.63) is 41.5 Å². The Kier molecular flexibility index (Phi) is 4.66. The fourth-order valence-corrected chi connectivity index (χ4v) is 3.37. The number of hydrogen-bond donors (Lipinski definition) is 1. The zero-order chi connectivity index (χ0) is 17.1. The van der Waals surface area contributed by atoms with Gasteiger partial charge in [-0.1, -0.05) is 6.07 Å². The van der Waals surface area contributed by atoms with Gasteiger partial charge in [0.25, 0.3) is 0 Å². The molecule has 0 atom stereocenters. The maximum Gasteiger partial charge on any atom is 0.153 e. The Bertz CT molecular complexity index is 753. The lowest BCUT2D eigenvalue weighted by atomic mass is 9.96. The van der Waals surface area contributed by atoms with Crippen molar-refractivity contribution in [2.45, 2.75) is 37.5 Å². The van der Waals surface area contributed by atoms with Crippen molar-refractivity contribution in [3.63, 3.8) is 0 Å². The van der Waals surface area contributed by atoms with Crippen molar-refractivity contribution in [2.24, 2.45) is 0 Å². The Morgan fingerprint density at radius 2 is 2.04 bits per heavy atom. The van der Waals surface area contributed by atoms with Crippen LogP contribution >= 0.6 is 0 Å². The first-order chi connectivity index (χ1) is 12.3. The van der Waals surface area contributed by atoms with E-state index in [4.69, 9.17) is 15.0 Å². The molecule has 1 aromatic heterocycles. The van der Waals surface area contributed by atoms with Gasteiger partial charge in [0.15, 0.2) is 5.82 Å². The Hall–Kier alpha value is -2.39. The fourth-order valence-electron chi connectivity index (χ4n) is 3.37. The van der Waals surface area contributed by atoms with E-state index in [9.17, 15) is 0 Å². The van der Waals surface area contributed by atoms with Crippen molar-refractivity contribution >= 4 is 0 Å². The molecule has 4 rings (SSSR count). The highest BCUT2D eigenvalue weighted by Crippen LogP contribution is 2.38. The average Bonchev–Trinajstić information content (AvgIpc) is 3.40. The van der Waals surface area contributed by atoms with E-state index in [2.05, 4.69) is 21.2 Å². The SMILES string of the molecule is N#Cc1cccc(OCCN2CCC(c3nc(C4CC4)n[nH]3)CC2)c1. The van der Waals surface area contributed by atoms with Crippen LogP contribution in [0.3, 0.4) is 0 Å². The van der Waals surface area contributed by atoms with E-state index in [0.717, 1.165) is 49.9 Å². The highest BCUT2D eigenvalue weighted by molar-refractivity contribution is 5.36. The second kappa shape index (κ2) is 7.24. The van der Waals surface area contributed by atoms with E-state index in [1.807, 2.05) is 12.1 Å². The topological polar surface area (TPSA) is 77.8 Å². The highest BCUT2D eigenvalue weighted by atomic mass is 16.5. The lowest BCUT2D eigenvalue weighted by Gasteiger charge is -2.30. The molecule has 1 saturated carbocycles. The van der Waals surface area contributed by atoms with Crippen LogP contribution in [-0.2, 0) is 0 Å². The molecule has 2 aliphatic rings. The zero-order valence-corrected chi connectivity index (χ0v) is 14.3. The van der Waals surface area contributed by atoms with Crippen LogP contribution in [0.5, 0.6) is 5.75 Å². The number of aromatic amines is 1. The molecule has 25 heavy (non-hydrogen) atoms. The molecule has 6 heteroatoms. The Morgan fingerprint density at radius 3 is 2.80 bits per heavy atom. The number of likely N-dealkylation sites (tertiary alicyclic amines) is 1. The molecule has 1 aliphatic heterocycles. The Labute approximate surface area is 147 Å². The normalized spacial score (nSPS) is 18.8. The summed E-state index contributed by atoms with van der Waals surface area (Å²) >= 11 is 0. The van der Waals surface area contributed by atoms with Gasteiger partial charge in [-0.2, -0.15) is 10.4 Å². The predicted molar refractivity (Wildman–Crippen MR) is 93.4 cm³/mol. The molecule has 130 valence electrons. The first kappa shape index (κ1) is 16.1. The molecule has 0 radical (unpaired) electrons. The lowest BCUT2D eigenvalue weighted by molar-refractivity contribution is 0.171. The van der Waals surface area contributed by atoms with Gasteiger partial charge in [-0.15, -0.1) is 0 Å². The predicted octanol–water partition coefficient (Wildman–Crippen LogP) is 2.81. The smallest absolute Gasteiger partial charge is 0.153 e. The van der Waals surface area contributed by atoms with E-state index >= 15 is 0 Å². The molecule has 1 aromatic carbocycles. The van der Waals surface area contributed by atoms with E-state index in [-0.39, 0.29) is 0 Å². The molecular weight excluding hydrogens is 314 g/mol. The first-order valence-corrected chi connectivity index (χ1v) is 9.09. The third-order valence-corrected chi connectivity index (χ3v) is 5.08. The van der Waals surface area contributed by atoms with Crippen LogP contribution in [0.2, 0.25) is 0 Å². The van der Waals surface area contributed by atoms with Crippen LogP contribution in [0.4, 0.5) is 0 Å². The third-order valence-electron chi connectivity index (χ3n) is 5.08. The van der Waals surface area contributed by atoms with E-state index in [1.165, 1.54) is 12.8 Å². The van der Waals surface area contributed by atoms with Gasteiger partial charge in [-0.05, 0) is 57.0 Å². The minimum atomic E-state index is 0.504. The van der Waals surface area contributed by atoms with Gasteiger partial charge in [0, 0.05) is 18.4 Å². The third kappa shape index (κ3) is 3.99. The van der Waals surface area contributed by atoms with Crippen molar-refractivity contribution < 1.29 is 4.74 Å². The van der Waals surface area contributed by atoms with Crippen LogP contribution in [0.15, 0.2) is 24.3 Å². The maximum atomic E-state index is 8.92. The Morgan fingerprint density at radius 1 is 1.20 bits per heavy atom. The molecule has 1 saturated heterocycles. The largest absolute Gasteiger partial charge is 0.492 e. The number of ether oxygens (including phenoxy) is 1. The van der Waals surface area contributed by atoms with Crippen molar-refractivity contribution in [3.8, 4) is 11.8 Å². The summed E-state index contributed by atoms with van der Waals surface area (Å²) < 4.78 is 5.78. The quantitative estimate of drug-likeness (QED) is 0.877. The summed E-state index contributed by atoms with van der Waals surface area (Å²) in [5, 5.41) is 16.5. The van der Waals surface area contributed by atoms with Crippen LogP contribution in [0.1, 0.15) is 54.7 Å². The number of benzene rings is 1. The average molecular weight is 337 g/mol. The van der Waals surface area contributed by atoms with Crippen LogP contribution in [0, 0.1) is 11.3 Å². The van der Waals surface area contributed by atoms with Gasteiger partial charge in [-0.3, -0.25) is 10.00 Å². The Balaban J connectivity index is 1.21. The summed E-state index contributed by atoms with van der Waals surface area (Å²) in [6.45, 7) is 3.68. The van der Waals surface area contributed by atoms with Gasteiger partial charge < -0.3 is 4.74 Å². The van der Waals surface area contributed by atoms with Gasteiger partial charge in [0.05, 0.1) is 11.6 Å². The minimum absolute atomic E-state index is 0.504. The van der Waals surface area contributed by atoms with Gasteiger partial charge in [-0.25, -0.2) is 4.98 Å². The fraction of sp³-hybridized carbons (Fsp3) is 0.526. The van der Waals surface area contributed by atoms with Crippen LogP contribution < -0.4 is 4.74 Å². The number of piperidine rings is 1. The molecule has 2 aromatic rings. The summed E-state index contributed by atoms with van der Waals surface area (Å²) in [7, 11) is 0. The first-order valence-electron chi connectivity index (χ1n) is 9.09. The number of H-pyrrole nitrogens is 1. The van der Waals surface area contributed by atoms with Crippen LogP contribution in [0.25, 0.3) is 0 Å². The van der Waals surface area contributed by atoms with Gasteiger partial charge in [0.2, 0.25) is 0 Å². The summed E-state index contributed by atoms with van der Waals surface area (Å²) in [5.41, 5.74) is 0.635. The standard InChI is InChI=1S/C19H23N5O/c20-13-14-2-1-3-17(12-14)25-11-10-24-8-6-16(7-9-24)19-21-18(22-23-19)15-4-5-15/h1-3,12,15-16H,4-11H2,(H,21,22,23). The molecule has 2 heterocycles. The molecule has 1 aliphatic carbocycles. The lowest BCUT2D eigenvalue weighted by Crippen LogP contribution is -2.36. The van der Waals surface area contributed by atoms with E-state index in [1.54, 1.807) is 12.1 Å². The second-order valence-electron chi connectivity index (χ2n) is 6.96. The number of nitriles is 1. The number of hydrogen-bond acceptors (Lipinski definition) is 5. The molecule has 1 N–H and O–H groups in total. The minimum Gasteiger partial charge on any atom is -0.492 e. The molecule has 6 nitrogen and oxygen atoms in total. The molecule has 0 bridgehead atoms. The highest BCUT2D eigenvalue weighted by Gasteiger charge is 2.29.